The number of halogens is 4. The van der Waals surface area contributed by atoms with E-state index in [0.717, 1.165) is 18.2 Å². The Bertz CT molecular complexity index is 870. The minimum Gasteiger partial charge on any atom is -0.372 e. The van der Waals surface area contributed by atoms with Crippen molar-refractivity contribution in [2.24, 2.45) is 0 Å². The van der Waals surface area contributed by atoms with Gasteiger partial charge in [-0.2, -0.15) is 13.2 Å². The zero-order valence-corrected chi connectivity index (χ0v) is 15.1. The Kier molecular flexibility index (Phi) is 6.40. The zero-order valence-electron chi connectivity index (χ0n) is 15.1. The van der Waals surface area contributed by atoms with Gasteiger partial charge in [-0.1, -0.05) is 30.3 Å². The van der Waals surface area contributed by atoms with E-state index in [4.69, 9.17) is 4.74 Å². The molecule has 0 saturated heterocycles. The third kappa shape index (κ3) is 4.86. The van der Waals surface area contributed by atoms with Gasteiger partial charge in [-0.15, -0.1) is 0 Å². The Labute approximate surface area is 158 Å². The number of para-hydroxylation sites is 1. The van der Waals surface area contributed by atoms with Gasteiger partial charge in [0.2, 0.25) is 0 Å². The van der Waals surface area contributed by atoms with E-state index in [-0.39, 0.29) is 12.1 Å². The lowest BCUT2D eigenvalue weighted by molar-refractivity contribution is -0.138. The third-order valence-electron chi connectivity index (χ3n) is 4.17. The molecule has 0 radical (unpaired) electrons. The molecule has 9 heteroatoms. The SMILES string of the molecule is COC(C)(CNC(=O)C(=O)Nc1ccccc1C(F)(F)F)c1ccccc1F. The van der Waals surface area contributed by atoms with Crippen LogP contribution in [-0.2, 0) is 26.1 Å². The van der Waals surface area contributed by atoms with Gasteiger partial charge in [0.25, 0.3) is 0 Å². The van der Waals surface area contributed by atoms with E-state index in [1.165, 1.54) is 38.3 Å². The van der Waals surface area contributed by atoms with Gasteiger partial charge in [0.1, 0.15) is 11.4 Å². The van der Waals surface area contributed by atoms with Crippen LogP contribution in [0.4, 0.5) is 23.2 Å². The number of hydrogen-bond acceptors (Lipinski definition) is 3. The topological polar surface area (TPSA) is 67.4 Å². The van der Waals surface area contributed by atoms with Crippen LogP contribution in [0.1, 0.15) is 18.1 Å². The number of carbonyl (C=O) groups excluding carboxylic acids is 2. The van der Waals surface area contributed by atoms with Crippen molar-refractivity contribution in [3.8, 4) is 0 Å². The lowest BCUT2D eigenvalue weighted by Crippen LogP contribution is -2.44. The average molecular weight is 398 g/mol. The van der Waals surface area contributed by atoms with E-state index in [1.54, 1.807) is 6.07 Å². The molecule has 0 heterocycles. The first kappa shape index (κ1) is 21.4. The van der Waals surface area contributed by atoms with Crippen molar-refractivity contribution in [3.63, 3.8) is 0 Å². The van der Waals surface area contributed by atoms with Gasteiger partial charge in [0.15, 0.2) is 0 Å². The van der Waals surface area contributed by atoms with Crippen LogP contribution in [0.25, 0.3) is 0 Å². The predicted molar refractivity (Wildman–Crippen MR) is 93.8 cm³/mol. The Morgan fingerprint density at radius 2 is 1.54 bits per heavy atom. The highest BCUT2D eigenvalue weighted by Crippen LogP contribution is 2.34. The Morgan fingerprint density at radius 1 is 0.964 bits per heavy atom. The maximum atomic E-state index is 14.0. The lowest BCUT2D eigenvalue weighted by atomic mass is 9.95. The van der Waals surface area contributed by atoms with Gasteiger partial charge in [-0.3, -0.25) is 9.59 Å². The quantitative estimate of drug-likeness (QED) is 0.599. The molecule has 0 aromatic heterocycles. The largest absolute Gasteiger partial charge is 0.418 e. The summed E-state index contributed by atoms with van der Waals surface area (Å²) in [6.07, 6.45) is -4.69. The number of methoxy groups -OCH3 is 1. The van der Waals surface area contributed by atoms with Crippen molar-refractivity contribution < 1.29 is 31.9 Å². The molecule has 2 rings (SSSR count). The normalized spacial score (nSPS) is 13.5. The summed E-state index contributed by atoms with van der Waals surface area (Å²) in [4.78, 5) is 24.0. The number of alkyl halides is 3. The van der Waals surface area contributed by atoms with Crippen molar-refractivity contribution in [3.05, 3.63) is 65.5 Å². The Balaban J connectivity index is 2.09. The summed E-state index contributed by atoms with van der Waals surface area (Å²) in [5.74, 6) is -3.04. The number of rotatable bonds is 5. The van der Waals surface area contributed by atoms with Crippen molar-refractivity contribution >= 4 is 17.5 Å². The first-order valence-corrected chi connectivity index (χ1v) is 8.14. The molecule has 0 aliphatic heterocycles. The second-order valence-corrected chi connectivity index (χ2v) is 6.09. The maximum Gasteiger partial charge on any atom is 0.418 e. The Hall–Kier alpha value is -2.94. The second-order valence-electron chi connectivity index (χ2n) is 6.09. The molecule has 0 saturated carbocycles. The van der Waals surface area contributed by atoms with Crippen LogP contribution in [0.5, 0.6) is 0 Å². The van der Waals surface area contributed by atoms with Gasteiger partial charge < -0.3 is 15.4 Å². The number of anilines is 1. The van der Waals surface area contributed by atoms with Crippen LogP contribution in [0.15, 0.2) is 48.5 Å². The molecule has 0 aliphatic carbocycles. The molecule has 1 unspecified atom stereocenters. The molecule has 5 nitrogen and oxygen atoms in total. The molecule has 0 spiro atoms. The predicted octanol–water partition coefficient (Wildman–Crippen LogP) is 3.46. The van der Waals surface area contributed by atoms with E-state index >= 15 is 0 Å². The molecule has 1 atom stereocenters. The lowest BCUT2D eigenvalue weighted by Gasteiger charge is -2.29. The summed E-state index contributed by atoms with van der Waals surface area (Å²) >= 11 is 0. The van der Waals surface area contributed by atoms with Crippen LogP contribution in [0.2, 0.25) is 0 Å². The molecule has 28 heavy (non-hydrogen) atoms. The summed E-state index contributed by atoms with van der Waals surface area (Å²) in [5.41, 5.74) is -2.76. The number of hydrogen-bond donors (Lipinski definition) is 2. The number of nitrogens with one attached hydrogen (secondary N) is 2. The fraction of sp³-hybridized carbons (Fsp3) is 0.263. The molecule has 2 aromatic carbocycles. The monoisotopic (exact) mass is 398 g/mol. The minimum atomic E-state index is -4.69. The molecular formula is C19H18F4N2O3. The molecule has 2 aromatic rings. The first-order chi connectivity index (χ1) is 13.1. The molecule has 0 fully saturated rings. The maximum absolute atomic E-state index is 14.0. The highest BCUT2D eigenvalue weighted by Gasteiger charge is 2.34. The summed E-state index contributed by atoms with van der Waals surface area (Å²) in [6, 6.07) is 10.0. The van der Waals surface area contributed by atoms with Crippen molar-refractivity contribution in [2.45, 2.75) is 18.7 Å². The van der Waals surface area contributed by atoms with Crippen LogP contribution in [0, 0.1) is 5.82 Å². The van der Waals surface area contributed by atoms with E-state index in [2.05, 4.69) is 5.32 Å². The highest BCUT2D eigenvalue weighted by atomic mass is 19.4. The summed E-state index contributed by atoms with van der Waals surface area (Å²) < 4.78 is 58.2. The first-order valence-electron chi connectivity index (χ1n) is 8.14. The Morgan fingerprint density at radius 3 is 2.11 bits per heavy atom. The second kappa shape index (κ2) is 8.39. The highest BCUT2D eigenvalue weighted by molar-refractivity contribution is 6.39. The van der Waals surface area contributed by atoms with Crippen LogP contribution in [-0.4, -0.2) is 25.5 Å². The van der Waals surface area contributed by atoms with Gasteiger partial charge in [0.05, 0.1) is 17.8 Å². The smallest absolute Gasteiger partial charge is 0.372 e. The molecule has 150 valence electrons. The third-order valence-corrected chi connectivity index (χ3v) is 4.17. The van der Waals surface area contributed by atoms with Gasteiger partial charge in [-0.05, 0) is 25.1 Å². The molecular weight excluding hydrogens is 380 g/mol. The zero-order chi connectivity index (χ0) is 20.9. The van der Waals surface area contributed by atoms with Crippen LogP contribution < -0.4 is 10.6 Å². The van der Waals surface area contributed by atoms with Crippen molar-refractivity contribution in [1.29, 1.82) is 0 Å². The van der Waals surface area contributed by atoms with E-state index < -0.39 is 40.7 Å². The van der Waals surface area contributed by atoms with E-state index in [9.17, 15) is 27.2 Å². The molecule has 0 aliphatic rings. The average Bonchev–Trinajstić information content (AvgIpc) is 2.65. The number of amides is 2. The minimum absolute atomic E-state index is 0.153. The van der Waals surface area contributed by atoms with Crippen LogP contribution in [0.3, 0.4) is 0 Å². The number of ether oxygens (including phenoxy) is 1. The summed E-state index contributed by atoms with van der Waals surface area (Å²) in [5, 5.41) is 4.19. The molecule has 2 amide bonds. The standard InChI is InChI=1S/C19H18F4N2O3/c1-18(28-2,12-7-3-5-9-14(12)20)11-24-16(26)17(27)25-15-10-6-4-8-13(15)19(21,22)23/h3-10H,11H2,1-2H3,(H,24,26)(H,25,27). The summed E-state index contributed by atoms with van der Waals surface area (Å²) in [7, 11) is 1.30. The van der Waals surface area contributed by atoms with Crippen LogP contribution >= 0.6 is 0 Å². The fourth-order valence-corrected chi connectivity index (χ4v) is 2.52. The van der Waals surface area contributed by atoms with Crippen molar-refractivity contribution in [1.82, 2.24) is 5.32 Å². The number of benzene rings is 2. The molecule has 0 bridgehead atoms. The molecule has 2 N–H and O–H groups in total. The van der Waals surface area contributed by atoms with Gasteiger partial charge >= 0.3 is 18.0 Å². The number of carbonyl (C=O) groups is 2. The van der Waals surface area contributed by atoms with Crippen molar-refractivity contribution in [2.75, 3.05) is 19.0 Å². The van der Waals surface area contributed by atoms with E-state index in [1.807, 2.05) is 5.32 Å². The summed E-state index contributed by atoms with van der Waals surface area (Å²) in [6.45, 7) is 1.22. The fourth-order valence-electron chi connectivity index (χ4n) is 2.52. The van der Waals surface area contributed by atoms with Gasteiger partial charge in [-0.25, -0.2) is 4.39 Å². The van der Waals surface area contributed by atoms with Gasteiger partial charge in [0, 0.05) is 12.7 Å². The van der Waals surface area contributed by atoms with E-state index in [0.29, 0.717) is 0 Å².